The third kappa shape index (κ3) is 3.06. The summed E-state index contributed by atoms with van der Waals surface area (Å²) in [6, 6.07) is 5.25. The minimum Gasteiger partial charge on any atom is -0.396 e. The van der Waals surface area contributed by atoms with Crippen molar-refractivity contribution in [2.75, 3.05) is 11.1 Å². The van der Waals surface area contributed by atoms with E-state index in [1.165, 1.54) is 6.20 Å². The van der Waals surface area contributed by atoms with Gasteiger partial charge in [0.15, 0.2) is 5.82 Å². The maximum Gasteiger partial charge on any atom is 0.229 e. The van der Waals surface area contributed by atoms with Gasteiger partial charge in [-0.1, -0.05) is 0 Å². The average molecular weight is 402 g/mol. The van der Waals surface area contributed by atoms with Gasteiger partial charge >= 0.3 is 0 Å². The molecule has 0 aliphatic heterocycles. The summed E-state index contributed by atoms with van der Waals surface area (Å²) in [5, 5.41) is 4.05. The summed E-state index contributed by atoms with van der Waals surface area (Å²) in [6.45, 7) is 1.89. The van der Waals surface area contributed by atoms with E-state index in [1.54, 1.807) is 37.1 Å². The molecule has 1 saturated carbocycles. The number of aromatic amines is 1. The molecule has 0 unspecified atom stereocenters. The van der Waals surface area contributed by atoms with Gasteiger partial charge in [-0.25, -0.2) is 14.4 Å². The first kappa shape index (κ1) is 18.2. The minimum absolute atomic E-state index is 0.0256. The number of H-pyrrole nitrogens is 1. The lowest BCUT2D eigenvalue weighted by Crippen LogP contribution is -2.15. The number of amides is 1. The van der Waals surface area contributed by atoms with Crippen LogP contribution in [0.4, 0.5) is 15.9 Å². The van der Waals surface area contributed by atoms with E-state index in [0.717, 1.165) is 17.7 Å². The van der Waals surface area contributed by atoms with Crippen LogP contribution in [-0.2, 0) is 4.79 Å². The van der Waals surface area contributed by atoms with Crippen LogP contribution < -0.4 is 11.1 Å². The van der Waals surface area contributed by atoms with Gasteiger partial charge in [-0.05, 0) is 42.5 Å². The number of nitrogens with one attached hydrogen (secondary N) is 2. The summed E-state index contributed by atoms with van der Waals surface area (Å²) in [4.78, 5) is 28.0. The van der Waals surface area contributed by atoms with E-state index in [-0.39, 0.29) is 23.4 Å². The van der Waals surface area contributed by atoms with Crippen molar-refractivity contribution in [3.63, 3.8) is 0 Å². The Balaban J connectivity index is 1.46. The molecule has 3 heterocycles. The standard InChI is InChI=1S/C22H19FN6O/c1-11-2-3-25-7-16(11)14-4-12-5-19(27-8-17(12)21(24)20(14)23)29-22(30)15-6-13(15)18-9-26-10-28-18/h2-5,7-10,13,15H,6,24H2,1H3,(H,26,28)(H,27,29,30)/t13-,15-/m0/s1. The Morgan fingerprint density at radius 2 is 2.10 bits per heavy atom. The molecule has 1 aromatic carbocycles. The number of rotatable bonds is 4. The number of benzene rings is 1. The van der Waals surface area contributed by atoms with Gasteiger partial charge in [0, 0.05) is 58.8 Å². The third-order valence-electron chi connectivity index (χ3n) is 5.63. The van der Waals surface area contributed by atoms with E-state index in [4.69, 9.17) is 5.73 Å². The highest BCUT2D eigenvalue weighted by Gasteiger charge is 2.45. The number of nitrogens with zero attached hydrogens (tertiary/aromatic N) is 3. The number of aromatic nitrogens is 4. The lowest BCUT2D eigenvalue weighted by atomic mass is 9.98. The summed E-state index contributed by atoms with van der Waals surface area (Å²) in [5.74, 6) is -0.159. The normalized spacial score (nSPS) is 17.8. The largest absolute Gasteiger partial charge is 0.396 e. The van der Waals surface area contributed by atoms with Crippen molar-refractivity contribution in [2.24, 2.45) is 5.92 Å². The quantitative estimate of drug-likeness (QED) is 0.450. The summed E-state index contributed by atoms with van der Waals surface area (Å²) >= 11 is 0. The number of carbonyl (C=O) groups excluding carboxylic acids is 1. The summed E-state index contributed by atoms with van der Waals surface area (Å²) in [6.07, 6.45) is 8.88. The van der Waals surface area contributed by atoms with E-state index in [2.05, 4.69) is 25.3 Å². The lowest BCUT2D eigenvalue weighted by molar-refractivity contribution is -0.117. The number of halogens is 1. The number of pyridine rings is 2. The molecular weight excluding hydrogens is 383 g/mol. The smallest absolute Gasteiger partial charge is 0.229 e. The fourth-order valence-electron chi connectivity index (χ4n) is 3.82. The van der Waals surface area contributed by atoms with Crippen molar-refractivity contribution in [2.45, 2.75) is 19.3 Å². The molecular formula is C22H19FN6O. The summed E-state index contributed by atoms with van der Waals surface area (Å²) < 4.78 is 14.9. The predicted molar refractivity (Wildman–Crippen MR) is 112 cm³/mol. The average Bonchev–Trinajstić information content (AvgIpc) is 3.36. The lowest BCUT2D eigenvalue weighted by Gasteiger charge is -2.12. The zero-order chi connectivity index (χ0) is 20.8. The molecule has 4 aromatic rings. The van der Waals surface area contributed by atoms with Gasteiger partial charge in [0.05, 0.1) is 12.0 Å². The number of fused-ring (bicyclic) bond motifs is 1. The van der Waals surface area contributed by atoms with Crippen molar-refractivity contribution in [1.29, 1.82) is 0 Å². The van der Waals surface area contributed by atoms with Gasteiger partial charge in [0.25, 0.3) is 0 Å². The number of anilines is 2. The van der Waals surface area contributed by atoms with Crippen LogP contribution in [-0.4, -0.2) is 25.8 Å². The molecule has 1 aliphatic rings. The van der Waals surface area contributed by atoms with E-state index >= 15 is 0 Å². The fourth-order valence-corrected chi connectivity index (χ4v) is 3.82. The number of hydrogen-bond donors (Lipinski definition) is 3. The van der Waals surface area contributed by atoms with Crippen LogP contribution in [0.25, 0.3) is 21.9 Å². The summed E-state index contributed by atoms with van der Waals surface area (Å²) in [7, 11) is 0. The van der Waals surface area contributed by atoms with Gasteiger partial charge in [-0.2, -0.15) is 0 Å². The van der Waals surface area contributed by atoms with Crippen molar-refractivity contribution < 1.29 is 9.18 Å². The number of aryl methyl sites for hydroxylation is 1. The van der Waals surface area contributed by atoms with Crippen LogP contribution in [0.5, 0.6) is 0 Å². The van der Waals surface area contributed by atoms with Crippen LogP contribution in [0.3, 0.4) is 0 Å². The Hall–Kier alpha value is -3.81. The highest BCUT2D eigenvalue weighted by atomic mass is 19.1. The molecule has 3 aromatic heterocycles. The van der Waals surface area contributed by atoms with Crippen molar-refractivity contribution >= 4 is 28.2 Å². The second-order valence-corrected chi connectivity index (χ2v) is 7.58. The molecule has 150 valence electrons. The van der Waals surface area contributed by atoms with E-state index in [1.807, 2.05) is 13.0 Å². The maximum atomic E-state index is 14.9. The van der Waals surface area contributed by atoms with Crippen LogP contribution >= 0.6 is 0 Å². The number of nitrogens with two attached hydrogens (primary N) is 1. The SMILES string of the molecule is Cc1ccncc1-c1cc2cc(NC(=O)[C@H]3C[C@@H]3c3cnc[nH]3)ncc2c(N)c1F. The van der Waals surface area contributed by atoms with Gasteiger partial charge < -0.3 is 16.0 Å². The molecule has 4 N–H and O–H groups in total. The number of nitrogen functional groups attached to an aromatic ring is 1. The number of imidazole rings is 1. The Bertz CT molecular complexity index is 1270. The van der Waals surface area contributed by atoms with Crippen LogP contribution in [0, 0.1) is 18.7 Å². The van der Waals surface area contributed by atoms with Crippen LogP contribution in [0.2, 0.25) is 0 Å². The van der Waals surface area contributed by atoms with E-state index in [0.29, 0.717) is 27.7 Å². The highest BCUT2D eigenvalue weighted by Crippen LogP contribution is 2.47. The Labute approximate surface area is 171 Å². The van der Waals surface area contributed by atoms with Crippen molar-refractivity contribution in [1.82, 2.24) is 19.9 Å². The van der Waals surface area contributed by atoms with Gasteiger partial charge in [0.1, 0.15) is 5.82 Å². The first-order valence-corrected chi connectivity index (χ1v) is 9.60. The van der Waals surface area contributed by atoms with Gasteiger partial charge in [-0.3, -0.25) is 9.78 Å². The Morgan fingerprint density at radius 1 is 1.23 bits per heavy atom. The van der Waals surface area contributed by atoms with E-state index < -0.39 is 5.82 Å². The molecule has 8 heteroatoms. The molecule has 30 heavy (non-hydrogen) atoms. The minimum atomic E-state index is -0.502. The monoisotopic (exact) mass is 402 g/mol. The molecule has 7 nitrogen and oxygen atoms in total. The molecule has 0 spiro atoms. The van der Waals surface area contributed by atoms with Crippen molar-refractivity contribution in [3.05, 3.63) is 66.4 Å². The van der Waals surface area contributed by atoms with Crippen LogP contribution in [0.15, 0.2) is 49.3 Å². The second-order valence-electron chi connectivity index (χ2n) is 7.58. The fraction of sp³-hybridized carbons (Fsp3) is 0.182. The number of carbonyl (C=O) groups is 1. The topological polar surface area (TPSA) is 110 Å². The van der Waals surface area contributed by atoms with Gasteiger partial charge in [-0.15, -0.1) is 0 Å². The molecule has 1 aliphatic carbocycles. The summed E-state index contributed by atoms with van der Waals surface area (Å²) in [5.41, 5.74) is 8.98. The molecule has 0 bridgehead atoms. The molecule has 1 fully saturated rings. The van der Waals surface area contributed by atoms with Crippen molar-refractivity contribution in [3.8, 4) is 11.1 Å². The maximum absolute atomic E-state index is 14.9. The van der Waals surface area contributed by atoms with Gasteiger partial charge in [0.2, 0.25) is 5.91 Å². The molecule has 0 radical (unpaired) electrons. The van der Waals surface area contributed by atoms with Crippen LogP contribution in [0.1, 0.15) is 23.6 Å². The highest BCUT2D eigenvalue weighted by molar-refractivity contribution is 6.00. The first-order valence-electron chi connectivity index (χ1n) is 9.60. The molecule has 2 atom stereocenters. The molecule has 5 rings (SSSR count). The molecule has 0 saturated heterocycles. The number of hydrogen-bond acceptors (Lipinski definition) is 5. The first-order chi connectivity index (χ1) is 14.5. The zero-order valence-corrected chi connectivity index (χ0v) is 16.2. The molecule has 1 amide bonds. The van der Waals surface area contributed by atoms with E-state index in [9.17, 15) is 9.18 Å². The predicted octanol–water partition coefficient (Wildman–Crippen LogP) is 3.79. The Morgan fingerprint density at radius 3 is 2.87 bits per heavy atom. The zero-order valence-electron chi connectivity index (χ0n) is 16.2. The Kier molecular flexibility index (Phi) is 4.20. The third-order valence-corrected chi connectivity index (χ3v) is 5.63. The second kappa shape index (κ2) is 6.91.